The Labute approximate surface area is 124 Å². The normalized spacial score (nSPS) is 11.0. The Hall–Kier alpha value is -2.42. The molecule has 1 heterocycles. The number of fused-ring (bicyclic) bond motifs is 1. The molecule has 21 heavy (non-hydrogen) atoms. The lowest BCUT2D eigenvalue weighted by Gasteiger charge is -2.05. The number of nitrogens with zero attached hydrogens (tertiary/aromatic N) is 2. The van der Waals surface area contributed by atoms with Crippen molar-refractivity contribution in [1.82, 2.24) is 9.55 Å². The summed E-state index contributed by atoms with van der Waals surface area (Å²) in [4.78, 5) is 17.0. The van der Waals surface area contributed by atoms with Gasteiger partial charge < -0.3 is 4.57 Å². The molecule has 3 nitrogen and oxygen atoms in total. The fraction of sp³-hybridized carbons (Fsp3) is 0.222. The zero-order valence-electron chi connectivity index (χ0n) is 12.6. The standard InChI is InChI=1S/C18H18N2O/c1-12-8-9-14(10-13(12)2)17(21)11-18-19-15-6-4-5-7-16(15)20(18)3/h4-10H,11H2,1-3H3. The van der Waals surface area contributed by atoms with E-state index >= 15 is 0 Å². The molecule has 0 aliphatic heterocycles. The van der Waals surface area contributed by atoms with E-state index in [1.807, 2.05) is 61.0 Å². The molecule has 2 aromatic carbocycles. The summed E-state index contributed by atoms with van der Waals surface area (Å²) in [5.41, 5.74) is 5.09. The predicted molar refractivity (Wildman–Crippen MR) is 84.7 cm³/mol. The van der Waals surface area contributed by atoms with Gasteiger partial charge in [-0.2, -0.15) is 0 Å². The van der Waals surface area contributed by atoms with Crippen molar-refractivity contribution in [2.45, 2.75) is 20.3 Å². The van der Waals surface area contributed by atoms with Gasteiger partial charge in [0.25, 0.3) is 0 Å². The van der Waals surface area contributed by atoms with Crippen LogP contribution in [0.15, 0.2) is 42.5 Å². The average molecular weight is 278 g/mol. The quantitative estimate of drug-likeness (QED) is 0.686. The molecule has 0 atom stereocenters. The van der Waals surface area contributed by atoms with Crippen molar-refractivity contribution < 1.29 is 4.79 Å². The third-order valence-electron chi connectivity index (χ3n) is 4.03. The van der Waals surface area contributed by atoms with E-state index in [0.717, 1.165) is 28.0 Å². The highest BCUT2D eigenvalue weighted by atomic mass is 16.1. The highest BCUT2D eigenvalue weighted by Gasteiger charge is 2.13. The molecular weight excluding hydrogens is 260 g/mol. The Bertz CT molecular complexity index is 830. The molecule has 0 unspecified atom stereocenters. The molecule has 0 fully saturated rings. The van der Waals surface area contributed by atoms with E-state index in [4.69, 9.17) is 0 Å². The Kier molecular flexibility index (Phi) is 3.34. The number of carbonyl (C=O) groups is 1. The van der Waals surface area contributed by atoms with Crippen LogP contribution >= 0.6 is 0 Å². The molecule has 3 aromatic rings. The lowest BCUT2D eigenvalue weighted by molar-refractivity contribution is 0.0990. The van der Waals surface area contributed by atoms with E-state index in [0.29, 0.717) is 6.42 Å². The number of rotatable bonds is 3. The van der Waals surface area contributed by atoms with E-state index in [-0.39, 0.29) is 5.78 Å². The van der Waals surface area contributed by atoms with Crippen molar-refractivity contribution >= 4 is 16.8 Å². The smallest absolute Gasteiger partial charge is 0.170 e. The maximum atomic E-state index is 12.5. The lowest BCUT2D eigenvalue weighted by Crippen LogP contribution is -2.08. The summed E-state index contributed by atoms with van der Waals surface area (Å²) in [6.07, 6.45) is 0.327. The van der Waals surface area contributed by atoms with Crippen LogP contribution in [-0.2, 0) is 13.5 Å². The van der Waals surface area contributed by atoms with Crippen molar-refractivity contribution in [3.05, 3.63) is 65.0 Å². The molecule has 0 bridgehead atoms. The molecule has 1 aromatic heterocycles. The van der Waals surface area contributed by atoms with E-state index in [9.17, 15) is 4.79 Å². The van der Waals surface area contributed by atoms with Crippen molar-refractivity contribution in [2.75, 3.05) is 0 Å². The first kappa shape index (κ1) is 13.6. The second-order valence-corrected chi connectivity index (χ2v) is 5.47. The predicted octanol–water partition coefficient (Wildman–Crippen LogP) is 3.62. The van der Waals surface area contributed by atoms with Crippen molar-refractivity contribution in [3.8, 4) is 0 Å². The number of carbonyl (C=O) groups excluding carboxylic acids is 1. The number of benzene rings is 2. The molecule has 0 aliphatic rings. The maximum absolute atomic E-state index is 12.5. The lowest BCUT2D eigenvalue weighted by atomic mass is 10.0. The number of Topliss-reactive ketones (excluding diaryl/α,β-unsaturated/α-hetero) is 1. The molecule has 0 amide bonds. The van der Waals surface area contributed by atoms with Crippen LogP contribution in [0.5, 0.6) is 0 Å². The fourth-order valence-corrected chi connectivity index (χ4v) is 2.51. The van der Waals surface area contributed by atoms with Crippen LogP contribution in [0.2, 0.25) is 0 Å². The van der Waals surface area contributed by atoms with E-state index in [1.165, 1.54) is 5.56 Å². The molecule has 0 N–H and O–H groups in total. The van der Waals surface area contributed by atoms with Crippen LogP contribution in [-0.4, -0.2) is 15.3 Å². The fourth-order valence-electron chi connectivity index (χ4n) is 2.51. The number of ketones is 1. The molecule has 0 spiro atoms. The summed E-state index contributed by atoms with van der Waals surface area (Å²) in [5.74, 6) is 0.913. The zero-order chi connectivity index (χ0) is 15.0. The van der Waals surface area contributed by atoms with Crippen LogP contribution in [0.4, 0.5) is 0 Å². The van der Waals surface area contributed by atoms with Gasteiger partial charge in [-0.1, -0.05) is 24.3 Å². The number of imidazole rings is 1. The Morgan fingerprint density at radius 3 is 2.57 bits per heavy atom. The number of para-hydroxylation sites is 2. The Balaban J connectivity index is 1.92. The minimum Gasteiger partial charge on any atom is -0.331 e. The molecular formula is C18H18N2O. The first-order valence-corrected chi connectivity index (χ1v) is 7.07. The molecule has 3 heteroatoms. The van der Waals surface area contributed by atoms with Crippen molar-refractivity contribution in [2.24, 2.45) is 7.05 Å². The molecule has 0 saturated carbocycles. The van der Waals surface area contributed by atoms with Gasteiger partial charge >= 0.3 is 0 Å². The SMILES string of the molecule is Cc1ccc(C(=O)Cc2nc3ccccc3n2C)cc1C. The number of hydrogen-bond donors (Lipinski definition) is 0. The topological polar surface area (TPSA) is 34.9 Å². The second-order valence-electron chi connectivity index (χ2n) is 5.47. The number of aromatic nitrogens is 2. The number of hydrogen-bond acceptors (Lipinski definition) is 2. The largest absolute Gasteiger partial charge is 0.331 e. The zero-order valence-corrected chi connectivity index (χ0v) is 12.6. The summed E-state index contributed by atoms with van der Waals surface area (Å²) in [5, 5.41) is 0. The third kappa shape index (κ3) is 2.47. The minimum absolute atomic E-state index is 0.108. The average Bonchev–Trinajstić information content (AvgIpc) is 2.79. The third-order valence-corrected chi connectivity index (χ3v) is 4.03. The van der Waals surface area contributed by atoms with Gasteiger partial charge in [0.05, 0.1) is 17.5 Å². The summed E-state index contributed by atoms with van der Waals surface area (Å²) in [6.45, 7) is 4.08. The van der Waals surface area contributed by atoms with Crippen LogP contribution < -0.4 is 0 Å². The molecule has 3 rings (SSSR count). The van der Waals surface area contributed by atoms with Gasteiger partial charge in [0.1, 0.15) is 5.82 Å². The van der Waals surface area contributed by atoms with E-state index in [1.54, 1.807) is 0 Å². The highest BCUT2D eigenvalue weighted by molar-refractivity contribution is 5.97. The molecule has 0 aliphatic carbocycles. The summed E-state index contributed by atoms with van der Waals surface area (Å²) >= 11 is 0. The molecule has 0 saturated heterocycles. The maximum Gasteiger partial charge on any atom is 0.170 e. The van der Waals surface area contributed by atoms with Crippen LogP contribution in [0.25, 0.3) is 11.0 Å². The van der Waals surface area contributed by atoms with Crippen LogP contribution in [0.3, 0.4) is 0 Å². The molecule has 106 valence electrons. The summed E-state index contributed by atoms with van der Waals surface area (Å²) < 4.78 is 1.99. The van der Waals surface area contributed by atoms with Crippen molar-refractivity contribution in [3.63, 3.8) is 0 Å². The van der Waals surface area contributed by atoms with E-state index < -0.39 is 0 Å². The summed E-state index contributed by atoms with van der Waals surface area (Å²) in [7, 11) is 1.96. The first-order chi connectivity index (χ1) is 10.1. The van der Waals surface area contributed by atoms with Gasteiger partial charge in [-0.25, -0.2) is 4.98 Å². The van der Waals surface area contributed by atoms with Gasteiger partial charge in [-0.3, -0.25) is 4.79 Å². The Morgan fingerprint density at radius 1 is 1.10 bits per heavy atom. The first-order valence-electron chi connectivity index (χ1n) is 7.07. The number of aryl methyl sites for hydroxylation is 3. The Morgan fingerprint density at radius 2 is 1.86 bits per heavy atom. The van der Waals surface area contributed by atoms with Crippen LogP contribution in [0, 0.1) is 13.8 Å². The van der Waals surface area contributed by atoms with E-state index in [2.05, 4.69) is 11.9 Å². The van der Waals surface area contributed by atoms with Gasteiger partial charge in [-0.05, 0) is 43.2 Å². The van der Waals surface area contributed by atoms with Crippen molar-refractivity contribution in [1.29, 1.82) is 0 Å². The summed E-state index contributed by atoms with van der Waals surface area (Å²) in [6, 6.07) is 13.8. The van der Waals surface area contributed by atoms with Crippen LogP contribution in [0.1, 0.15) is 27.3 Å². The highest BCUT2D eigenvalue weighted by Crippen LogP contribution is 2.17. The molecule has 0 radical (unpaired) electrons. The van der Waals surface area contributed by atoms with Gasteiger partial charge in [-0.15, -0.1) is 0 Å². The minimum atomic E-state index is 0.108. The monoisotopic (exact) mass is 278 g/mol. The second kappa shape index (κ2) is 5.17. The van der Waals surface area contributed by atoms with Gasteiger partial charge in [0, 0.05) is 12.6 Å². The van der Waals surface area contributed by atoms with Gasteiger partial charge in [0.15, 0.2) is 5.78 Å². The van der Waals surface area contributed by atoms with Gasteiger partial charge in [0.2, 0.25) is 0 Å².